The Labute approximate surface area is 97.4 Å². The molecule has 0 aliphatic carbocycles. The number of methoxy groups -OCH3 is 1. The van der Waals surface area contributed by atoms with Crippen molar-refractivity contribution in [2.24, 2.45) is 0 Å². The van der Waals surface area contributed by atoms with Gasteiger partial charge in [-0.25, -0.2) is 0 Å². The summed E-state index contributed by atoms with van der Waals surface area (Å²) < 4.78 is 5.23. The number of ether oxygens (including phenoxy) is 1. The summed E-state index contributed by atoms with van der Waals surface area (Å²) in [5.74, 6) is 0.830. The SMILES string of the molecule is COc1ccccc1/C=C/c1nnc(N)s1. The molecule has 0 fully saturated rings. The Morgan fingerprint density at radius 2 is 2.06 bits per heavy atom. The van der Waals surface area contributed by atoms with Crippen molar-refractivity contribution in [3.63, 3.8) is 0 Å². The van der Waals surface area contributed by atoms with Gasteiger partial charge >= 0.3 is 0 Å². The minimum absolute atomic E-state index is 0.472. The zero-order valence-corrected chi connectivity index (χ0v) is 9.57. The molecule has 2 rings (SSSR count). The number of nitrogen functional groups attached to an aromatic ring is 1. The van der Waals surface area contributed by atoms with Gasteiger partial charge in [-0.05, 0) is 18.2 Å². The zero-order chi connectivity index (χ0) is 11.4. The molecule has 0 amide bonds. The molecule has 4 nitrogen and oxygen atoms in total. The first kappa shape index (κ1) is 10.6. The summed E-state index contributed by atoms with van der Waals surface area (Å²) in [6.07, 6.45) is 3.80. The van der Waals surface area contributed by atoms with Crippen molar-refractivity contribution in [3.8, 4) is 5.75 Å². The molecule has 0 aliphatic rings. The Morgan fingerprint density at radius 3 is 2.75 bits per heavy atom. The maximum absolute atomic E-state index is 5.49. The molecule has 0 spiro atoms. The van der Waals surface area contributed by atoms with Crippen LogP contribution in [0.2, 0.25) is 0 Å². The van der Waals surface area contributed by atoms with Crippen molar-refractivity contribution in [2.45, 2.75) is 0 Å². The highest BCUT2D eigenvalue weighted by molar-refractivity contribution is 7.15. The molecular formula is C11H11N3OS. The summed E-state index contributed by atoms with van der Waals surface area (Å²) in [5, 5.41) is 8.89. The molecule has 0 atom stereocenters. The van der Waals surface area contributed by atoms with E-state index in [0.29, 0.717) is 5.13 Å². The summed E-state index contributed by atoms with van der Waals surface area (Å²) >= 11 is 1.35. The predicted octanol–water partition coefficient (Wildman–Crippen LogP) is 2.30. The maximum atomic E-state index is 5.49. The monoisotopic (exact) mass is 233 g/mol. The van der Waals surface area contributed by atoms with Crippen molar-refractivity contribution in [2.75, 3.05) is 12.8 Å². The van der Waals surface area contributed by atoms with E-state index in [4.69, 9.17) is 10.5 Å². The van der Waals surface area contributed by atoms with Gasteiger partial charge in [0, 0.05) is 5.56 Å². The maximum Gasteiger partial charge on any atom is 0.203 e. The summed E-state index contributed by atoms with van der Waals surface area (Å²) in [7, 11) is 1.65. The van der Waals surface area contributed by atoms with Crippen LogP contribution in [0.15, 0.2) is 24.3 Å². The molecule has 0 bridgehead atoms. The van der Waals surface area contributed by atoms with Crippen LogP contribution in [-0.2, 0) is 0 Å². The van der Waals surface area contributed by atoms with Gasteiger partial charge in [0.05, 0.1) is 7.11 Å². The van der Waals surface area contributed by atoms with Crippen LogP contribution in [0.5, 0.6) is 5.75 Å². The van der Waals surface area contributed by atoms with Crippen molar-refractivity contribution >= 4 is 28.6 Å². The summed E-state index contributed by atoms with van der Waals surface area (Å²) in [5.41, 5.74) is 6.49. The van der Waals surface area contributed by atoms with Crippen molar-refractivity contribution < 1.29 is 4.74 Å². The quantitative estimate of drug-likeness (QED) is 0.883. The third kappa shape index (κ3) is 2.38. The van der Waals surface area contributed by atoms with E-state index in [1.54, 1.807) is 7.11 Å². The van der Waals surface area contributed by atoms with Crippen molar-refractivity contribution in [1.29, 1.82) is 0 Å². The topological polar surface area (TPSA) is 61.0 Å². The van der Waals surface area contributed by atoms with Crippen LogP contribution in [0, 0.1) is 0 Å². The average Bonchev–Trinajstić information content (AvgIpc) is 2.73. The largest absolute Gasteiger partial charge is 0.496 e. The number of hydrogen-bond donors (Lipinski definition) is 1. The minimum Gasteiger partial charge on any atom is -0.496 e. The van der Waals surface area contributed by atoms with E-state index in [-0.39, 0.29) is 0 Å². The molecular weight excluding hydrogens is 222 g/mol. The first-order valence-electron chi connectivity index (χ1n) is 4.69. The number of anilines is 1. The van der Waals surface area contributed by atoms with Gasteiger partial charge in [-0.15, -0.1) is 10.2 Å². The Balaban J connectivity index is 2.23. The first-order chi connectivity index (χ1) is 7.79. The van der Waals surface area contributed by atoms with Gasteiger partial charge in [0.15, 0.2) is 0 Å². The summed E-state index contributed by atoms with van der Waals surface area (Å²) in [6.45, 7) is 0. The number of hydrogen-bond acceptors (Lipinski definition) is 5. The second-order valence-corrected chi connectivity index (χ2v) is 4.09. The average molecular weight is 233 g/mol. The second-order valence-electron chi connectivity index (χ2n) is 3.05. The smallest absolute Gasteiger partial charge is 0.203 e. The zero-order valence-electron chi connectivity index (χ0n) is 8.75. The normalized spacial score (nSPS) is 10.8. The molecule has 0 unspecified atom stereocenters. The van der Waals surface area contributed by atoms with Gasteiger partial charge in [-0.2, -0.15) is 0 Å². The van der Waals surface area contributed by atoms with Gasteiger partial charge in [0.2, 0.25) is 5.13 Å². The van der Waals surface area contributed by atoms with E-state index < -0.39 is 0 Å². The van der Waals surface area contributed by atoms with E-state index >= 15 is 0 Å². The number of rotatable bonds is 3. The Kier molecular flexibility index (Phi) is 3.16. The van der Waals surface area contributed by atoms with Crippen LogP contribution >= 0.6 is 11.3 Å². The van der Waals surface area contributed by atoms with Gasteiger partial charge in [0.25, 0.3) is 0 Å². The Hall–Kier alpha value is -1.88. The number of nitrogens with zero attached hydrogens (tertiary/aromatic N) is 2. The number of nitrogens with two attached hydrogens (primary N) is 1. The lowest BCUT2D eigenvalue weighted by atomic mass is 10.2. The standard InChI is InChI=1S/C11H11N3OS/c1-15-9-5-3-2-4-8(9)6-7-10-13-14-11(12)16-10/h2-7H,1H3,(H2,12,14)/b7-6+. The van der Waals surface area contributed by atoms with Crippen LogP contribution in [0.3, 0.4) is 0 Å². The molecule has 0 aliphatic heterocycles. The van der Waals surface area contributed by atoms with Crippen LogP contribution < -0.4 is 10.5 Å². The van der Waals surface area contributed by atoms with Gasteiger partial charge < -0.3 is 10.5 Å². The molecule has 0 radical (unpaired) electrons. The minimum atomic E-state index is 0.472. The molecule has 1 heterocycles. The lowest BCUT2D eigenvalue weighted by Gasteiger charge is -2.02. The van der Waals surface area contributed by atoms with E-state index in [2.05, 4.69) is 10.2 Å². The third-order valence-corrected chi connectivity index (χ3v) is 2.72. The highest BCUT2D eigenvalue weighted by Crippen LogP contribution is 2.21. The lowest BCUT2D eigenvalue weighted by Crippen LogP contribution is -1.85. The van der Waals surface area contributed by atoms with Crippen molar-refractivity contribution in [3.05, 3.63) is 34.8 Å². The molecule has 2 aromatic rings. The molecule has 5 heteroatoms. The third-order valence-electron chi connectivity index (χ3n) is 2.00. The van der Waals surface area contributed by atoms with E-state index in [9.17, 15) is 0 Å². The molecule has 82 valence electrons. The Bertz CT molecular complexity index is 507. The predicted molar refractivity (Wildman–Crippen MR) is 66.2 cm³/mol. The summed E-state index contributed by atoms with van der Waals surface area (Å²) in [4.78, 5) is 0. The van der Waals surface area contributed by atoms with Crippen LogP contribution in [0.4, 0.5) is 5.13 Å². The number of para-hydroxylation sites is 1. The fourth-order valence-electron chi connectivity index (χ4n) is 1.28. The second kappa shape index (κ2) is 4.76. The first-order valence-corrected chi connectivity index (χ1v) is 5.51. The molecule has 1 aromatic heterocycles. The molecule has 1 aromatic carbocycles. The van der Waals surface area contributed by atoms with Gasteiger partial charge in [-0.3, -0.25) is 0 Å². The van der Waals surface area contributed by atoms with Gasteiger partial charge in [0.1, 0.15) is 10.8 Å². The molecule has 2 N–H and O–H groups in total. The van der Waals surface area contributed by atoms with Crippen LogP contribution in [0.25, 0.3) is 12.2 Å². The molecule has 0 saturated heterocycles. The fraction of sp³-hybridized carbons (Fsp3) is 0.0909. The number of aromatic nitrogens is 2. The van der Waals surface area contributed by atoms with Crippen LogP contribution in [0.1, 0.15) is 10.6 Å². The van der Waals surface area contributed by atoms with E-state index in [1.807, 2.05) is 36.4 Å². The lowest BCUT2D eigenvalue weighted by molar-refractivity contribution is 0.414. The highest BCUT2D eigenvalue weighted by atomic mass is 32.1. The van der Waals surface area contributed by atoms with Gasteiger partial charge in [-0.1, -0.05) is 29.5 Å². The Morgan fingerprint density at radius 1 is 1.25 bits per heavy atom. The summed E-state index contributed by atoms with van der Waals surface area (Å²) in [6, 6.07) is 7.77. The van der Waals surface area contributed by atoms with Crippen molar-refractivity contribution in [1.82, 2.24) is 10.2 Å². The fourth-order valence-corrected chi connectivity index (χ4v) is 1.79. The number of benzene rings is 1. The molecule has 16 heavy (non-hydrogen) atoms. The molecule has 0 saturated carbocycles. The van der Waals surface area contributed by atoms with Crippen LogP contribution in [-0.4, -0.2) is 17.3 Å². The highest BCUT2D eigenvalue weighted by Gasteiger charge is 1.99. The van der Waals surface area contributed by atoms with E-state index in [1.165, 1.54) is 11.3 Å². The van der Waals surface area contributed by atoms with E-state index in [0.717, 1.165) is 16.3 Å².